The van der Waals surface area contributed by atoms with Gasteiger partial charge in [-0.15, -0.1) is 0 Å². The molecule has 1 amide bonds. The molecule has 1 aromatic rings. The maximum atomic E-state index is 11.5. The lowest BCUT2D eigenvalue weighted by atomic mass is 10.2. The van der Waals surface area contributed by atoms with E-state index in [0.29, 0.717) is 29.2 Å². The van der Waals surface area contributed by atoms with Gasteiger partial charge in [0.15, 0.2) is 11.5 Å². The van der Waals surface area contributed by atoms with E-state index >= 15 is 0 Å². The first-order valence-corrected chi connectivity index (χ1v) is 7.26. The Kier molecular flexibility index (Phi) is 6.81. The zero-order valence-corrected chi connectivity index (χ0v) is 13.6. The molecule has 5 nitrogen and oxygen atoms in total. The minimum absolute atomic E-state index is 0.0245. The molecular formula is C14H21BrN2O3. The molecule has 0 aliphatic heterocycles. The molecule has 0 fully saturated rings. The van der Waals surface area contributed by atoms with Crippen LogP contribution >= 0.6 is 15.9 Å². The van der Waals surface area contributed by atoms with E-state index in [1.54, 1.807) is 12.1 Å². The first-order chi connectivity index (χ1) is 9.43. The number of aromatic hydroxyl groups is 1. The zero-order chi connectivity index (χ0) is 15.1. The predicted octanol–water partition coefficient (Wildman–Crippen LogP) is 2.03. The van der Waals surface area contributed by atoms with Crippen molar-refractivity contribution >= 4 is 21.8 Å². The Morgan fingerprint density at radius 2 is 2.15 bits per heavy atom. The fourth-order valence-corrected chi connectivity index (χ4v) is 2.08. The van der Waals surface area contributed by atoms with Crippen molar-refractivity contribution in [3.63, 3.8) is 0 Å². The molecular weight excluding hydrogens is 324 g/mol. The molecule has 0 bridgehead atoms. The van der Waals surface area contributed by atoms with Gasteiger partial charge in [-0.3, -0.25) is 4.79 Å². The summed E-state index contributed by atoms with van der Waals surface area (Å²) in [5.41, 5.74) is 0.920. The lowest BCUT2D eigenvalue weighted by Crippen LogP contribution is -2.35. The Morgan fingerprint density at radius 3 is 2.75 bits per heavy atom. The van der Waals surface area contributed by atoms with Crippen LogP contribution in [0.3, 0.4) is 0 Å². The second kappa shape index (κ2) is 8.11. The second-order valence-electron chi connectivity index (χ2n) is 4.93. The van der Waals surface area contributed by atoms with Crippen molar-refractivity contribution in [2.24, 2.45) is 5.92 Å². The highest BCUT2D eigenvalue weighted by Crippen LogP contribution is 2.35. The largest absolute Gasteiger partial charge is 0.503 e. The Hall–Kier alpha value is -1.27. The molecule has 0 heterocycles. The van der Waals surface area contributed by atoms with Crippen LogP contribution < -0.4 is 15.4 Å². The minimum atomic E-state index is -0.0245. The van der Waals surface area contributed by atoms with Gasteiger partial charge in [0.2, 0.25) is 5.91 Å². The molecule has 3 N–H and O–H groups in total. The summed E-state index contributed by atoms with van der Waals surface area (Å²) in [5.74, 6) is 0.895. The van der Waals surface area contributed by atoms with Gasteiger partial charge in [0.25, 0.3) is 0 Å². The highest BCUT2D eigenvalue weighted by Gasteiger charge is 2.09. The summed E-state index contributed by atoms with van der Waals surface area (Å²) >= 11 is 3.26. The number of nitrogens with one attached hydrogen (secondary N) is 2. The van der Waals surface area contributed by atoms with Crippen LogP contribution in [0.4, 0.5) is 0 Å². The third-order valence-corrected chi connectivity index (χ3v) is 3.23. The van der Waals surface area contributed by atoms with E-state index in [0.717, 1.165) is 5.56 Å². The van der Waals surface area contributed by atoms with E-state index in [4.69, 9.17) is 4.74 Å². The molecule has 0 atom stereocenters. The number of amides is 1. The lowest BCUT2D eigenvalue weighted by Gasteiger charge is -2.11. The maximum absolute atomic E-state index is 11.5. The summed E-state index contributed by atoms with van der Waals surface area (Å²) in [6.07, 6.45) is 0. The SMILES string of the molecule is COc1cc(CNCC(=O)NCC(C)C)cc(Br)c1O. The molecule has 1 rings (SSSR count). The molecule has 1 aromatic carbocycles. The molecule has 0 unspecified atom stereocenters. The number of ether oxygens (including phenoxy) is 1. The third kappa shape index (κ3) is 5.38. The summed E-state index contributed by atoms with van der Waals surface area (Å²) in [7, 11) is 1.50. The number of methoxy groups -OCH3 is 1. The molecule has 0 radical (unpaired) electrons. The first kappa shape index (κ1) is 16.8. The van der Waals surface area contributed by atoms with Crippen LogP contribution in [0.1, 0.15) is 19.4 Å². The highest BCUT2D eigenvalue weighted by molar-refractivity contribution is 9.10. The van der Waals surface area contributed by atoms with Crippen molar-refractivity contribution in [2.45, 2.75) is 20.4 Å². The Morgan fingerprint density at radius 1 is 1.45 bits per heavy atom. The predicted molar refractivity (Wildman–Crippen MR) is 81.9 cm³/mol. The number of rotatable bonds is 7. The fraction of sp³-hybridized carbons (Fsp3) is 0.500. The summed E-state index contributed by atoms with van der Waals surface area (Å²) in [6, 6.07) is 3.52. The number of benzene rings is 1. The Labute approximate surface area is 127 Å². The molecule has 0 saturated carbocycles. The van der Waals surface area contributed by atoms with Crippen LogP contribution in [0.5, 0.6) is 11.5 Å². The number of carbonyl (C=O) groups is 1. The molecule has 0 spiro atoms. The zero-order valence-electron chi connectivity index (χ0n) is 12.0. The highest BCUT2D eigenvalue weighted by atomic mass is 79.9. The third-order valence-electron chi connectivity index (χ3n) is 2.63. The standard InChI is InChI=1S/C14H21BrN2O3/c1-9(2)6-17-13(18)8-16-7-10-4-11(15)14(19)12(5-10)20-3/h4-5,9,16,19H,6-8H2,1-3H3,(H,17,18). The van der Waals surface area contributed by atoms with E-state index < -0.39 is 0 Å². The van der Waals surface area contributed by atoms with Crippen molar-refractivity contribution in [2.75, 3.05) is 20.2 Å². The summed E-state index contributed by atoms with van der Waals surface area (Å²) in [5, 5.41) is 15.6. The molecule has 0 saturated heterocycles. The van der Waals surface area contributed by atoms with Gasteiger partial charge < -0.3 is 20.5 Å². The number of phenols is 1. The second-order valence-corrected chi connectivity index (χ2v) is 5.78. The van der Waals surface area contributed by atoms with Gasteiger partial charge in [0.1, 0.15) is 0 Å². The molecule has 20 heavy (non-hydrogen) atoms. The first-order valence-electron chi connectivity index (χ1n) is 6.46. The maximum Gasteiger partial charge on any atom is 0.233 e. The quantitative estimate of drug-likeness (QED) is 0.707. The minimum Gasteiger partial charge on any atom is -0.503 e. The van der Waals surface area contributed by atoms with Gasteiger partial charge in [-0.05, 0) is 39.5 Å². The van der Waals surface area contributed by atoms with Gasteiger partial charge in [0.05, 0.1) is 18.1 Å². The van der Waals surface area contributed by atoms with E-state index in [-0.39, 0.29) is 18.2 Å². The molecule has 0 aliphatic carbocycles. The number of hydrogen-bond donors (Lipinski definition) is 3. The average molecular weight is 345 g/mol. The van der Waals surface area contributed by atoms with Crippen molar-refractivity contribution in [3.05, 3.63) is 22.2 Å². The molecule has 0 aromatic heterocycles. The normalized spacial score (nSPS) is 10.7. The van der Waals surface area contributed by atoms with Crippen LogP contribution in [-0.4, -0.2) is 31.2 Å². The van der Waals surface area contributed by atoms with Crippen molar-refractivity contribution in [1.82, 2.24) is 10.6 Å². The lowest BCUT2D eigenvalue weighted by molar-refractivity contribution is -0.120. The van der Waals surface area contributed by atoms with E-state index in [2.05, 4.69) is 26.6 Å². The summed E-state index contributed by atoms with van der Waals surface area (Å²) in [4.78, 5) is 11.5. The van der Waals surface area contributed by atoms with Crippen molar-refractivity contribution in [3.8, 4) is 11.5 Å². The fourth-order valence-electron chi connectivity index (χ4n) is 1.59. The van der Waals surface area contributed by atoms with Gasteiger partial charge in [-0.2, -0.15) is 0 Å². The van der Waals surface area contributed by atoms with Gasteiger partial charge in [-0.1, -0.05) is 13.8 Å². The van der Waals surface area contributed by atoms with Crippen molar-refractivity contribution in [1.29, 1.82) is 0 Å². The summed E-state index contributed by atoms with van der Waals surface area (Å²) in [6.45, 7) is 5.55. The van der Waals surface area contributed by atoms with Crippen LogP contribution in [-0.2, 0) is 11.3 Å². The van der Waals surface area contributed by atoms with Crippen molar-refractivity contribution < 1.29 is 14.6 Å². The Bertz CT molecular complexity index is 464. The number of phenolic OH excluding ortho intramolecular Hbond substituents is 1. The molecule has 112 valence electrons. The number of halogens is 1. The Balaban J connectivity index is 2.46. The number of hydrogen-bond acceptors (Lipinski definition) is 4. The monoisotopic (exact) mass is 344 g/mol. The smallest absolute Gasteiger partial charge is 0.233 e. The average Bonchev–Trinajstić information content (AvgIpc) is 2.40. The van der Waals surface area contributed by atoms with Gasteiger partial charge >= 0.3 is 0 Å². The van der Waals surface area contributed by atoms with Gasteiger partial charge in [0, 0.05) is 13.1 Å². The van der Waals surface area contributed by atoms with Crippen LogP contribution in [0.2, 0.25) is 0 Å². The van der Waals surface area contributed by atoms with E-state index in [1.165, 1.54) is 7.11 Å². The van der Waals surface area contributed by atoms with Crippen LogP contribution in [0, 0.1) is 5.92 Å². The van der Waals surface area contributed by atoms with E-state index in [9.17, 15) is 9.90 Å². The summed E-state index contributed by atoms with van der Waals surface area (Å²) < 4.78 is 5.64. The van der Waals surface area contributed by atoms with Crippen LogP contribution in [0.15, 0.2) is 16.6 Å². The number of carbonyl (C=O) groups excluding carboxylic acids is 1. The topological polar surface area (TPSA) is 70.6 Å². The van der Waals surface area contributed by atoms with Gasteiger partial charge in [-0.25, -0.2) is 0 Å². The molecule has 6 heteroatoms. The molecule has 0 aliphatic rings. The van der Waals surface area contributed by atoms with E-state index in [1.807, 2.05) is 13.8 Å². The van der Waals surface area contributed by atoms with Crippen LogP contribution in [0.25, 0.3) is 0 Å².